The predicted molar refractivity (Wildman–Crippen MR) is 55.6 cm³/mol. The van der Waals surface area contributed by atoms with Crippen molar-refractivity contribution < 1.29 is 10.2 Å². The zero-order valence-electron chi connectivity index (χ0n) is 9.00. The van der Waals surface area contributed by atoms with Crippen LogP contribution in [0.15, 0.2) is 0 Å². The Labute approximate surface area is 82.0 Å². The average Bonchev–Trinajstić information content (AvgIpc) is 2.19. The summed E-state index contributed by atoms with van der Waals surface area (Å²) in [4.78, 5) is 0. The first-order chi connectivity index (χ1) is 6.28. The molecule has 0 aromatic heterocycles. The number of hydrogen-bond acceptors (Lipinski definition) is 2. The van der Waals surface area contributed by atoms with E-state index in [-0.39, 0.29) is 13.2 Å². The fourth-order valence-electron chi connectivity index (χ4n) is 1.76. The van der Waals surface area contributed by atoms with Gasteiger partial charge in [0.25, 0.3) is 0 Å². The van der Waals surface area contributed by atoms with E-state index < -0.39 is 0 Å². The van der Waals surface area contributed by atoms with Gasteiger partial charge in [-0.2, -0.15) is 0 Å². The molecule has 2 heteroatoms. The molecule has 0 bridgehead atoms. The van der Waals surface area contributed by atoms with Crippen molar-refractivity contribution in [2.45, 2.75) is 46.0 Å². The molecule has 0 saturated carbocycles. The summed E-state index contributed by atoms with van der Waals surface area (Å²) < 4.78 is 0. The average molecular weight is 188 g/mol. The first kappa shape index (κ1) is 12.9. The first-order valence-corrected chi connectivity index (χ1v) is 5.50. The summed E-state index contributed by atoms with van der Waals surface area (Å²) in [7, 11) is 0. The van der Waals surface area contributed by atoms with Crippen molar-refractivity contribution in [3.63, 3.8) is 0 Å². The fraction of sp³-hybridized carbons (Fsp3) is 1.00. The molecule has 13 heavy (non-hydrogen) atoms. The van der Waals surface area contributed by atoms with Gasteiger partial charge in [-0.05, 0) is 31.1 Å². The first-order valence-electron chi connectivity index (χ1n) is 5.50. The molecule has 0 aliphatic rings. The fourth-order valence-corrected chi connectivity index (χ4v) is 1.76. The Hall–Kier alpha value is -0.0800. The zero-order chi connectivity index (χ0) is 10.1. The summed E-state index contributed by atoms with van der Waals surface area (Å²) in [5, 5.41) is 17.8. The third-order valence-electron chi connectivity index (χ3n) is 2.85. The highest BCUT2D eigenvalue weighted by atomic mass is 16.3. The van der Waals surface area contributed by atoms with Crippen LogP contribution in [0.25, 0.3) is 0 Å². The minimum absolute atomic E-state index is 0.249. The van der Waals surface area contributed by atoms with Crippen molar-refractivity contribution >= 4 is 0 Å². The Balaban J connectivity index is 3.67. The van der Waals surface area contributed by atoms with Gasteiger partial charge in [-0.15, -0.1) is 0 Å². The lowest BCUT2D eigenvalue weighted by atomic mass is 9.88. The van der Waals surface area contributed by atoms with E-state index in [1.54, 1.807) is 0 Å². The topological polar surface area (TPSA) is 40.5 Å². The normalized spacial score (nSPS) is 13.6. The van der Waals surface area contributed by atoms with Gasteiger partial charge < -0.3 is 10.2 Å². The molecule has 0 aliphatic heterocycles. The van der Waals surface area contributed by atoms with Crippen molar-refractivity contribution in [1.29, 1.82) is 0 Å². The van der Waals surface area contributed by atoms with Crippen LogP contribution in [0.5, 0.6) is 0 Å². The van der Waals surface area contributed by atoms with E-state index >= 15 is 0 Å². The summed E-state index contributed by atoms with van der Waals surface area (Å²) in [6, 6.07) is 0. The quantitative estimate of drug-likeness (QED) is 0.613. The lowest BCUT2D eigenvalue weighted by Gasteiger charge is -2.19. The van der Waals surface area contributed by atoms with Crippen molar-refractivity contribution in [3.05, 3.63) is 0 Å². The van der Waals surface area contributed by atoms with Crippen LogP contribution in [0.2, 0.25) is 0 Å². The van der Waals surface area contributed by atoms with Crippen LogP contribution in [-0.4, -0.2) is 23.4 Å². The third-order valence-corrected chi connectivity index (χ3v) is 2.85. The predicted octanol–water partition coefficient (Wildman–Crippen LogP) is 2.19. The molecule has 2 N–H and O–H groups in total. The highest BCUT2D eigenvalue weighted by molar-refractivity contribution is 4.64. The molecule has 0 rings (SSSR count). The third kappa shape index (κ3) is 6.05. The monoisotopic (exact) mass is 188 g/mol. The van der Waals surface area contributed by atoms with E-state index in [9.17, 15) is 0 Å². The maximum absolute atomic E-state index is 9.11. The minimum Gasteiger partial charge on any atom is -0.396 e. The van der Waals surface area contributed by atoms with Gasteiger partial charge >= 0.3 is 0 Å². The number of aliphatic hydroxyl groups is 2. The molecule has 0 aliphatic carbocycles. The zero-order valence-corrected chi connectivity index (χ0v) is 9.00. The molecule has 0 radical (unpaired) electrons. The summed E-state index contributed by atoms with van der Waals surface area (Å²) >= 11 is 0. The van der Waals surface area contributed by atoms with Crippen LogP contribution in [0, 0.1) is 11.8 Å². The van der Waals surface area contributed by atoms with Gasteiger partial charge in [0.1, 0.15) is 0 Å². The second-order valence-electron chi connectivity index (χ2n) is 3.83. The Bertz CT molecular complexity index is 100. The van der Waals surface area contributed by atoms with Gasteiger partial charge in [0.15, 0.2) is 0 Å². The van der Waals surface area contributed by atoms with Gasteiger partial charge in [-0.3, -0.25) is 0 Å². The van der Waals surface area contributed by atoms with Gasteiger partial charge in [0.2, 0.25) is 0 Å². The minimum atomic E-state index is 0.249. The van der Waals surface area contributed by atoms with Gasteiger partial charge in [0.05, 0.1) is 0 Å². The number of aliphatic hydroxyl groups excluding tert-OH is 2. The number of rotatable bonds is 8. The Morgan fingerprint density at radius 1 is 1.00 bits per heavy atom. The Kier molecular flexibility index (Phi) is 8.46. The van der Waals surface area contributed by atoms with Crippen LogP contribution in [0.1, 0.15) is 46.0 Å². The summed E-state index contributed by atoms with van der Waals surface area (Å²) in [6.45, 7) is 4.93. The van der Waals surface area contributed by atoms with Gasteiger partial charge in [0, 0.05) is 13.2 Å². The largest absolute Gasteiger partial charge is 0.396 e. The van der Waals surface area contributed by atoms with Crippen LogP contribution in [-0.2, 0) is 0 Å². The Morgan fingerprint density at radius 2 is 1.62 bits per heavy atom. The molecule has 1 unspecified atom stereocenters. The lowest BCUT2D eigenvalue weighted by molar-refractivity contribution is 0.176. The van der Waals surface area contributed by atoms with Crippen molar-refractivity contribution in [3.8, 4) is 0 Å². The van der Waals surface area contributed by atoms with Crippen molar-refractivity contribution in [1.82, 2.24) is 0 Å². The molecule has 2 nitrogen and oxygen atoms in total. The molecule has 0 saturated heterocycles. The standard InChI is InChI=1S/C11H24O2/c1-3-10(4-2)8-11(9-13)6-5-7-12/h10-13H,3-9H2,1-2H3. The number of hydrogen-bond donors (Lipinski definition) is 2. The van der Waals surface area contributed by atoms with Crippen LogP contribution >= 0.6 is 0 Å². The maximum Gasteiger partial charge on any atom is 0.0459 e. The smallest absolute Gasteiger partial charge is 0.0459 e. The second kappa shape index (κ2) is 8.52. The summed E-state index contributed by atoms with van der Waals surface area (Å²) in [5.74, 6) is 1.15. The molecule has 0 aromatic rings. The molecule has 0 heterocycles. The van der Waals surface area contributed by atoms with Crippen molar-refractivity contribution in [2.75, 3.05) is 13.2 Å². The van der Waals surface area contributed by atoms with E-state index in [4.69, 9.17) is 10.2 Å². The van der Waals surface area contributed by atoms with Crippen molar-refractivity contribution in [2.24, 2.45) is 11.8 Å². The van der Waals surface area contributed by atoms with E-state index in [0.717, 1.165) is 25.2 Å². The molecular weight excluding hydrogens is 164 g/mol. The second-order valence-corrected chi connectivity index (χ2v) is 3.83. The highest BCUT2D eigenvalue weighted by Crippen LogP contribution is 2.21. The van der Waals surface area contributed by atoms with Crippen LogP contribution < -0.4 is 0 Å². The van der Waals surface area contributed by atoms with Crippen LogP contribution in [0.4, 0.5) is 0 Å². The van der Waals surface area contributed by atoms with E-state index in [1.165, 1.54) is 12.8 Å². The molecule has 0 spiro atoms. The molecular formula is C11H24O2. The maximum atomic E-state index is 9.11. The molecule has 0 amide bonds. The summed E-state index contributed by atoms with van der Waals surface area (Å²) in [5.41, 5.74) is 0. The SMILES string of the molecule is CCC(CC)CC(CO)CCCO. The Morgan fingerprint density at radius 3 is 2.00 bits per heavy atom. The summed E-state index contributed by atoms with van der Waals surface area (Å²) in [6.07, 6.45) is 5.30. The van der Waals surface area contributed by atoms with Gasteiger partial charge in [-0.1, -0.05) is 26.7 Å². The molecule has 1 atom stereocenters. The molecule has 0 fully saturated rings. The molecule has 80 valence electrons. The highest BCUT2D eigenvalue weighted by Gasteiger charge is 2.12. The van der Waals surface area contributed by atoms with E-state index in [0.29, 0.717) is 5.92 Å². The van der Waals surface area contributed by atoms with Crippen LogP contribution in [0.3, 0.4) is 0 Å². The lowest BCUT2D eigenvalue weighted by Crippen LogP contribution is -2.12. The van der Waals surface area contributed by atoms with Gasteiger partial charge in [-0.25, -0.2) is 0 Å². The molecule has 0 aromatic carbocycles. The van der Waals surface area contributed by atoms with E-state index in [1.807, 2.05) is 0 Å². The van der Waals surface area contributed by atoms with E-state index in [2.05, 4.69) is 13.8 Å².